The topological polar surface area (TPSA) is 26.3 Å². The lowest BCUT2D eigenvalue weighted by molar-refractivity contribution is -0.138. The average Bonchev–Trinajstić information content (AvgIpc) is 2.95. The molecular formula is C11H11ClO2S. The maximum absolute atomic E-state index is 11.2. The molecule has 2 rings (SSSR count). The SMILES string of the molecule is O=C(C=Cc1ccc(Cl)s1)OCC1CC1. The van der Waals surface area contributed by atoms with Gasteiger partial charge in [-0.25, -0.2) is 4.79 Å². The van der Waals surface area contributed by atoms with E-state index in [1.54, 1.807) is 12.1 Å². The minimum absolute atomic E-state index is 0.272. The zero-order chi connectivity index (χ0) is 10.7. The van der Waals surface area contributed by atoms with Gasteiger partial charge in [-0.15, -0.1) is 11.3 Å². The molecule has 1 aromatic rings. The van der Waals surface area contributed by atoms with Crippen LogP contribution in [0.4, 0.5) is 0 Å². The molecule has 0 N–H and O–H groups in total. The summed E-state index contributed by atoms with van der Waals surface area (Å²) in [5, 5.41) is 0. The van der Waals surface area contributed by atoms with Crippen LogP contribution in [-0.4, -0.2) is 12.6 Å². The van der Waals surface area contributed by atoms with E-state index in [4.69, 9.17) is 16.3 Å². The van der Waals surface area contributed by atoms with Crippen LogP contribution < -0.4 is 0 Å². The molecule has 1 fully saturated rings. The van der Waals surface area contributed by atoms with Gasteiger partial charge in [0.25, 0.3) is 0 Å². The van der Waals surface area contributed by atoms with Gasteiger partial charge in [-0.2, -0.15) is 0 Å². The summed E-state index contributed by atoms with van der Waals surface area (Å²) in [4.78, 5) is 12.2. The van der Waals surface area contributed by atoms with Gasteiger partial charge in [0.15, 0.2) is 0 Å². The zero-order valence-electron chi connectivity index (χ0n) is 8.11. The first-order valence-corrected chi connectivity index (χ1v) is 6.03. The van der Waals surface area contributed by atoms with Crippen molar-refractivity contribution in [2.45, 2.75) is 12.8 Å². The lowest BCUT2D eigenvalue weighted by Gasteiger charge is -1.97. The summed E-state index contributed by atoms with van der Waals surface area (Å²) >= 11 is 7.19. The van der Waals surface area contributed by atoms with E-state index >= 15 is 0 Å². The molecule has 80 valence electrons. The Hall–Kier alpha value is -0.800. The molecule has 1 saturated carbocycles. The van der Waals surface area contributed by atoms with Crippen molar-refractivity contribution in [1.82, 2.24) is 0 Å². The van der Waals surface area contributed by atoms with Crippen molar-refractivity contribution in [3.05, 3.63) is 27.4 Å². The molecule has 1 aliphatic carbocycles. The Labute approximate surface area is 97.5 Å². The maximum atomic E-state index is 11.2. The molecule has 0 saturated heterocycles. The molecule has 1 aliphatic rings. The summed E-state index contributed by atoms with van der Waals surface area (Å²) in [5.41, 5.74) is 0. The van der Waals surface area contributed by atoms with Gasteiger partial charge in [-0.3, -0.25) is 0 Å². The van der Waals surface area contributed by atoms with Crippen molar-refractivity contribution in [3.8, 4) is 0 Å². The fourth-order valence-corrected chi connectivity index (χ4v) is 2.06. The second kappa shape index (κ2) is 4.81. The summed E-state index contributed by atoms with van der Waals surface area (Å²) in [5.74, 6) is 0.338. The van der Waals surface area contributed by atoms with E-state index in [0.29, 0.717) is 12.5 Å². The van der Waals surface area contributed by atoms with Gasteiger partial charge in [0.05, 0.1) is 10.9 Å². The molecule has 0 aromatic carbocycles. The van der Waals surface area contributed by atoms with Crippen LogP contribution in [0.5, 0.6) is 0 Å². The lowest BCUT2D eigenvalue weighted by atomic mass is 10.4. The third kappa shape index (κ3) is 3.68. The first-order chi connectivity index (χ1) is 7.24. The van der Waals surface area contributed by atoms with Gasteiger partial charge >= 0.3 is 5.97 Å². The Morgan fingerprint density at radius 2 is 2.40 bits per heavy atom. The van der Waals surface area contributed by atoms with Crippen molar-refractivity contribution in [2.24, 2.45) is 5.92 Å². The highest BCUT2D eigenvalue weighted by Crippen LogP contribution is 2.28. The Morgan fingerprint density at radius 1 is 1.60 bits per heavy atom. The van der Waals surface area contributed by atoms with Crippen molar-refractivity contribution >= 4 is 35.0 Å². The predicted molar refractivity (Wildman–Crippen MR) is 62.0 cm³/mol. The van der Waals surface area contributed by atoms with E-state index in [9.17, 15) is 4.79 Å². The van der Waals surface area contributed by atoms with Gasteiger partial charge in [-0.1, -0.05) is 11.6 Å². The van der Waals surface area contributed by atoms with Gasteiger partial charge in [-0.05, 0) is 37.0 Å². The molecule has 1 aromatic heterocycles. The number of carbonyl (C=O) groups is 1. The number of rotatable bonds is 4. The monoisotopic (exact) mass is 242 g/mol. The zero-order valence-corrected chi connectivity index (χ0v) is 9.68. The highest BCUT2D eigenvalue weighted by atomic mass is 35.5. The van der Waals surface area contributed by atoms with Gasteiger partial charge in [0.2, 0.25) is 0 Å². The van der Waals surface area contributed by atoms with E-state index in [0.717, 1.165) is 9.21 Å². The first-order valence-electron chi connectivity index (χ1n) is 4.84. The summed E-state index contributed by atoms with van der Waals surface area (Å²) in [6, 6.07) is 3.68. The second-order valence-electron chi connectivity index (χ2n) is 3.55. The summed E-state index contributed by atoms with van der Waals surface area (Å²) < 4.78 is 5.76. The van der Waals surface area contributed by atoms with Crippen LogP contribution >= 0.6 is 22.9 Å². The minimum atomic E-state index is -0.272. The smallest absolute Gasteiger partial charge is 0.330 e. The van der Waals surface area contributed by atoms with Crippen molar-refractivity contribution in [1.29, 1.82) is 0 Å². The molecule has 1 heterocycles. The van der Waals surface area contributed by atoms with Crippen LogP contribution in [-0.2, 0) is 9.53 Å². The van der Waals surface area contributed by atoms with Gasteiger partial charge in [0.1, 0.15) is 0 Å². The maximum Gasteiger partial charge on any atom is 0.330 e. The number of hydrogen-bond donors (Lipinski definition) is 0. The molecule has 0 atom stereocenters. The largest absolute Gasteiger partial charge is 0.462 e. The summed E-state index contributed by atoms with van der Waals surface area (Å²) in [6.45, 7) is 0.564. The number of hydrogen-bond acceptors (Lipinski definition) is 3. The Balaban J connectivity index is 1.79. The molecule has 0 spiro atoms. The Morgan fingerprint density at radius 3 is 3.00 bits per heavy atom. The summed E-state index contributed by atoms with van der Waals surface area (Å²) in [7, 11) is 0. The third-order valence-electron chi connectivity index (χ3n) is 2.14. The van der Waals surface area contributed by atoms with E-state index in [1.807, 2.05) is 6.07 Å². The number of halogens is 1. The van der Waals surface area contributed by atoms with Gasteiger partial charge < -0.3 is 4.74 Å². The second-order valence-corrected chi connectivity index (χ2v) is 5.30. The fourth-order valence-electron chi connectivity index (χ4n) is 1.10. The Bertz CT molecular complexity index is 380. The number of thiophene rings is 1. The minimum Gasteiger partial charge on any atom is -0.462 e. The number of carbonyl (C=O) groups excluding carboxylic acids is 1. The van der Waals surface area contributed by atoms with Crippen LogP contribution in [0.25, 0.3) is 6.08 Å². The average molecular weight is 243 g/mol. The molecule has 0 radical (unpaired) electrons. The molecule has 0 amide bonds. The lowest BCUT2D eigenvalue weighted by Crippen LogP contribution is -2.03. The highest BCUT2D eigenvalue weighted by molar-refractivity contribution is 7.17. The van der Waals surface area contributed by atoms with Crippen LogP contribution in [0.3, 0.4) is 0 Å². The van der Waals surface area contributed by atoms with Crippen LogP contribution in [0.2, 0.25) is 4.34 Å². The standard InChI is InChI=1S/C11H11ClO2S/c12-10-5-3-9(15-10)4-6-11(13)14-7-8-1-2-8/h3-6,8H,1-2,7H2. The highest BCUT2D eigenvalue weighted by Gasteiger charge is 2.22. The van der Waals surface area contributed by atoms with Crippen molar-refractivity contribution in [3.63, 3.8) is 0 Å². The van der Waals surface area contributed by atoms with Gasteiger partial charge in [0, 0.05) is 11.0 Å². The van der Waals surface area contributed by atoms with E-state index in [-0.39, 0.29) is 5.97 Å². The van der Waals surface area contributed by atoms with Crippen LogP contribution in [0.1, 0.15) is 17.7 Å². The molecule has 0 unspecified atom stereocenters. The predicted octanol–water partition coefficient (Wildman–Crippen LogP) is 3.37. The molecule has 0 aliphatic heterocycles. The van der Waals surface area contributed by atoms with Crippen LogP contribution in [0.15, 0.2) is 18.2 Å². The fraction of sp³-hybridized carbons (Fsp3) is 0.364. The molecule has 4 heteroatoms. The van der Waals surface area contributed by atoms with E-state index in [2.05, 4.69) is 0 Å². The van der Waals surface area contributed by atoms with Crippen molar-refractivity contribution in [2.75, 3.05) is 6.61 Å². The normalized spacial score (nSPS) is 15.8. The number of esters is 1. The third-order valence-corrected chi connectivity index (χ3v) is 3.33. The molecule has 0 bridgehead atoms. The van der Waals surface area contributed by atoms with E-state index < -0.39 is 0 Å². The number of ether oxygens (including phenoxy) is 1. The van der Waals surface area contributed by atoms with E-state index in [1.165, 1.54) is 30.3 Å². The summed E-state index contributed by atoms with van der Waals surface area (Å²) in [6.07, 6.45) is 5.56. The molecule has 2 nitrogen and oxygen atoms in total. The van der Waals surface area contributed by atoms with Crippen molar-refractivity contribution < 1.29 is 9.53 Å². The van der Waals surface area contributed by atoms with Crippen LogP contribution in [0, 0.1) is 5.92 Å². The quantitative estimate of drug-likeness (QED) is 0.598. The Kier molecular flexibility index (Phi) is 3.44. The molecule has 15 heavy (non-hydrogen) atoms. The molecular weight excluding hydrogens is 232 g/mol. The first kappa shape index (κ1) is 10.7.